The van der Waals surface area contributed by atoms with Crippen molar-refractivity contribution in [2.75, 3.05) is 11.4 Å². The summed E-state index contributed by atoms with van der Waals surface area (Å²) >= 11 is 0. The highest BCUT2D eigenvalue weighted by Crippen LogP contribution is 2.30. The van der Waals surface area contributed by atoms with Gasteiger partial charge in [0.25, 0.3) is 5.91 Å². The predicted molar refractivity (Wildman–Crippen MR) is 98.3 cm³/mol. The summed E-state index contributed by atoms with van der Waals surface area (Å²) in [7, 11) is 0. The zero-order chi connectivity index (χ0) is 19.1. The first-order valence-corrected chi connectivity index (χ1v) is 8.75. The van der Waals surface area contributed by atoms with Crippen LogP contribution >= 0.6 is 0 Å². The zero-order valence-corrected chi connectivity index (χ0v) is 15.0. The summed E-state index contributed by atoms with van der Waals surface area (Å²) in [6.07, 6.45) is -0.217. The molecule has 0 saturated carbocycles. The Hall–Kier alpha value is -3.15. The topological polar surface area (TPSA) is 59.8 Å². The number of carbonyl (C=O) groups excluding carboxylic acids is 2. The number of hydrogen-bond donors (Lipinski definition) is 0. The number of esters is 1. The first-order valence-electron chi connectivity index (χ1n) is 8.75. The van der Waals surface area contributed by atoms with Crippen molar-refractivity contribution >= 4 is 28.5 Å². The Morgan fingerprint density at radius 3 is 2.74 bits per heavy atom. The average molecular weight is 367 g/mol. The van der Waals surface area contributed by atoms with E-state index in [1.807, 2.05) is 24.3 Å². The van der Waals surface area contributed by atoms with Gasteiger partial charge in [0.05, 0.1) is 0 Å². The molecule has 1 unspecified atom stereocenters. The number of amides is 1. The van der Waals surface area contributed by atoms with Crippen LogP contribution in [0.2, 0.25) is 0 Å². The Morgan fingerprint density at radius 2 is 1.96 bits per heavy atom. The van der Waals surface area contributed by atoms with Gasteiger partial charge in [-0.1, -0.05) is 30.3 Å². The van der Waals surface area contributed by atoms with E-state index in [9.17, 15) is 14.0 Å². The van der Waals surface area contributed by atoms with Crippen LogP contribution in [0.15, 0.2) is 46.9 Å². The molecule has 0 N–H and O–H groups in total. The molecule has 0 bridgehead atoms. The Balaban J connectivity index is 1.54. The highest BCUT2D eigenvalue weighted by Gasteiger charge is 2.31. The number of halogens is 1. The van der Waals surface area contributed by atoms with E-state index in [4.69, 9.17) is 9.15 Å². The number of ether oxygens (including phenoxy) is 1. The monoisotopic (exact) mass is 367 g/mol. The summed E-state index contributed by atoms with van der Waals surface area (Å²) in [6, 6.07) is 12.1. The van der Waals surface area contributed by atoms with Crippen LogP contribution in [0.25, 0.3) is 11.0 Å². The predicted octanol–water partition coefficient (Wildman–Crippen LogP) is 4.01. The molecule has 0 fully saturated rings. The highest BCUT2D eigenvalue weighted by molar-refractivity contribution is 6.01. The smallest absolute Gasteiger partial charge is 0.375 e. The van der Waals surface area contributed by atoms with Gasteiger partial charge in [0.1, 0.15) is 0 Å². The lowest BCUT2D eigenvalue weighted by Crippen LogP contribution is -2.39. The molecule has 4 rings (SSSR count). The van der Waals surface area contributed by atoms with Crippen LogP contribution in [0.1, 0.15) is 28.6 Å². The van der Waals surface area contributed by atoms with Gasteiger partial charge in [0.15, 0.2) is 17.5 Å². The SMILES string of the molecule is Cc1c(C(=O)OC(C)C(=O)N2CCc3ccccc32)oc2c(F)cccc12. The van der Waals surface area contributed by atoms with Gasteiger partial charge in [-0.25, -0.2) is 9.18 Å². The number of benzene rings is 2. The van der Waals surface area contributed by atoms with Crippen molar-refractivity contribution in [1.82, 2.24) is 0 Å². The Kier molecular flexibility index (Phi) is 4.18. The first kappa shape index (κ1) is 17.3. The highest BCUT2D eigenvalue weighted by atomic mass is 19.1. The fraction of sp³-hybridized carbons (Fsp3) is 0.238. The van der Waals surface area contributed by atoms with E-state index in [0.29, 0.717) is 17.5 Å². The van der Waals surface area contributed by atoms with Crippen LogP contribution in [0, 0.1) is 12.7 Å². The number of anilines is 1. The van der Waals surface area contributed by atoms with Crippen molar-refractivity contribution in [2.45, 2.75) is 26.4 Å². The number of aryl methyl sites for hydroxylation is 1. The fourth-order valence-electron chi connectivity index (χ4n) is 3.45. The number of hydrogen-bond acceptors (Lipinski definition) is 4. The molecule has 1 aliphatic rings. The van der Waals surface area contributed by atoms with Gasteiger partial charge in [-0.15, -0.1) is 0 Å². The van der Waals surface area contributed by atoms with E-state index in [1.165, 1.54) is 13.0 Å². The number of fused-ring (bicyclic) bond motifs is 2. The number of nitrogens with zero attached hydrogens (tertiary/aromatic N) is 1. The fourth-order valence-corrected chi connectivity index (χ4v) is 3.45. The summed E-state index contributed by atoms with van der Waals surface area (Å²) < 4.78 is 24.6. The van der Waals surface area contributed by atoms with Gasteiger partial charge in [0.2, 0.25) is 5.76 Å². The minimum Gasteiger partial charge on any atom is -0.447 e. The van der Waals surface area contributed by atoms with Gasteiger partial charge < -0.3 is 14.1 Å². The minimum atomic E-state index is -0.985. The van der Waals surface area contributed by atoms with Crippen molar-refractivity contribution in [2.24, 2.45) is 0 Å². The molecule has 0 spiro atoms. The Bertz CT molecular complexity index is 1060. The maximum absolute atomic E-state index is 13.9. The maximum Gasteiger partial charge on any atom is 0.375 e. The average Bonchev–Trinajstić information content (AvgIpc) is 3.24. The van der Waals surface area contributed by atoms with Crippen LogP contribution in [-0.4, -0.2) is 24.5 Å². The molecule has 3 aromatic rings. The molecule has 1 aromatic heterocycles. The van der Waals surface area contributed by atoms with Crippen LogP contribution in [0.4, 0.5) is 10.1 Å². The summed E-state index contributed by atoms with van der Waals surface area (Å²) in [6.45, 7) is 3.74. The normalized spacial score (nSPS) is 14.3. The lowest BCUT2D eigenvalue weighted by atomic mass is 10.1. The van der Waals surface area contributed by atoms with Crippen LogP contribution in [0.5, 0.6) is 0 Å². The molecule has 1 aliphatic heterocycles. The third kappa shape index (κ3) is 2.87. The second-order valence-electron chi connectivity index (χ2n) is 6.59. The molecule has 2 aromatic carbocycles. The second kappa shape index (κ2) is 6.54. The van der Waals surface area contributed by atoms with E-state index in [1.54, 1.807) is 24.0 Å². The molecule has 0 aliphatic carbocycles. The van der Waals surface area contributed by atoms with E-state index >= 15 is 0 Å². The molecule has 1 atom stereocenters. The molecule has 0 saturated heterocycles. The number of carbonyl (C=O) groups is 2. The van der Waals surface area contributed by atoms with Crippen LogP contribution in [-0.2, 0) is 16.0 Å². The molecule has 6 heteroatoms. The van der Waals surface area contributed by atoms with Crippen LogP contribution in [0.3, 0.4) is 0 Å². The van der Waals surface area contributed by atoms with Crippen molar-refractivity contribution in [3.8, 4) is 0 Å². The minimum absolute atomic E-state index is 0.00870. The summed E-state index contributed by atoms with van der Waals surface area (Å²) in [5.74, 6) is -1.71. The molecular formula is C21H18FNO4. The molecule has 27 heavy (non-hydrogen) atoms. The van der Waals surface area contributed by atoms with Crippen molar-refractivity contribution < 1.29 is 23.1 Å². The van der Waals surface area contributed by atoms with E-state index < -0.39 is 17.9 Å². The molecule has 0 radical (unpaired) electrons. The van der Waals surface area contributed by atoms with Crippen molar-refractivity contribution in [1.29, 1.82) is 0 Å². The third-order valence-corrected chi connectivity index (χ3v) is 4.89. The van der Waals surface area contributed by atoms with Gasteiger partial charge in [-0.3, -0.25) is 4.79 Å². The standard InChI is InChI=1S/C21H18FNO4/c1-12-15-7-5-8-16(22)19(15)27-18(12)21(25)26-13(2)20(24)23-11-10-14-6-3-4-9-17(14)23/h3-9,13H,10-11H2,1-2H3. The summed E-state index contributed by atoms with van der Waals surface area (Å²) in [5, 5.41) is 0.509. The van der Waals surface area contributed by atoms with Crippen molar-refractivity contribution in [3.05, 3.63) is 65.2 Å². The van der Waals surface area contributed by atoms with Gasteiger partial charge in [-0.05, 0) is 38.0 Å². The van der Waals surface area contributed by atoms with Gasteiger partial charge in [0, 0.05) is 23.2 Å². The Labute approximate surface area is 155 Å². The zero-order valence-electron chi connectivity index (χ0n) is 15.0. The van der Waals surface area contributed by atoms with Gasteiger partial charge >= 0.3 is 5.97 Å². The lowest BCUT2D eigenvalue weighted by Gasteiger charge is -2.21. The third-order valence-electron chi connectivity index (χ3n) is 4.89. The second-order valence-corrected chi connectivity index (χ2v) is 6.59. The molecular weight excluding hydrogens is 349 g/mol. The molecule has 138 valence electrons. The lowest BCUT2D eigenvalue weighted by molar-refractivity contribution is -0.126. The van der Waals surface area contributed by atoms with Gasteiger partial charge in [-0.2, -0.15) is 0 Å². The van der Waals surface area contributed by atoms with E-state index in [2.05, 4.69) is 0 Å². The largest absolute Gasteiger partial charge is 0.447 e. The Morgan fingerprint density at radius 1 is 1.19 bits per heavy atom. The van der Waals surface area contributed by atoms with Crippen molar-refractivity contribution in [3.63, 3.8) is 0 Å². The molecule has 2 heterocycles. The molecule has 5 nitrogen and oxygen atoms in total. The number of para-hydroxylation sites is 2. The maximum atomic E-state index is 13.9. The van der Waals surface area contributed by atoms with Crippen LogP contribution < -0.4 is 4.90 Å². The van der Waals surface area contributed by atoms with E-state index in [0.717, 1.165) is 17.7 Å². The van der Waals surface area contributed by atoms with E-state index in [-0.39, 0.29) is 17.3 Å². The molecule has 1 amide bonds. The number of rotatable bonds is 3. The number of furan rings is 1. The quantitative estimate of drug-likeness (QED) is 0.656. The summed E-state index contributed by atoms with van der Waals surface area (Å²) in [5.41, 5.74) is 2.43. The first-order chi connectivity index (χ1) is 13.0. The summed E-state index contributed by atoms with van der Waals surface area (Å²) in [4.78, 5) is 26.9.